The van der Waals surface area contributed by atoms with E-state index in [2.05, 4.69) is 15.7 Å². The van der Waals surface area contributed by atoms with E-state index in [4.69, 9.17) is 11.6 Å². The molecular weight excluding hydrogens is 481 g/mol. The molecule has 0 saturated heterocycles. The van der Waals surface area contributed by atoms with Gasteiger partial charge in [0.1, 0.15) is 0 Å². The van der Waals surface area contributed by atoms with Crippen LogP contribution in [0, 0.1) is 13.8 Å². The highest BCUT2D eigenvalue weighted by Gasteiger charge is 2.34. The van der Waals surface area contributed by atoms with Crippen LogP contribution < -0.4 is 10.6 Å². The summed E-state index contributed by atoms with van der Waals surface area (Å²) in [4.78, 5) is 25.8. The van der Waals surface area contributed by atoms with Crippen molar-refractivity contribution in [2.45, 2.75) is 52.9 Å². The number of anilines is 1. The summed E-state index contributed by atoms with van der Waals surface area (Å²) in [5.41, 5.74) is 1.59. The number of aromatic nitrogens is 2. The van der Waals surface area contributed by atoms with Crippen LogP contribution in [0.5, 0.6) is 0 Å². The summed E-state index contributed by atoms with van der Waals surface area (Å²) in [6.45, 7) is 7.26. The number of halogens is 4. The molecule has 0 saturated carbocycles. The molecule has 0 aliphatic rings. The first-order valence-corrected chi connectivity index (χ1v) is 11.4. The predicted octanol–water partition coefficient (Wildman–Crippen LogP) is 6.00. The maximum absolute atomic E-state index is 13.0. The molecule has 2 amide bonds. The molecule has 2 aromatic carbocycles. The molecule has 1 atom stereocenters. The molecule has 10 heteroatoms. The number of benzene rings is 2. The van der Waals surface area contributed by atoms with Crippen molar-refractivity contribution in [3.8, 4) is 0 Å². The Morgan fingerprint density at radius 3 is 2.43 bits per heavy atom. The number of nitrogens with zero attached hydrogens (tertiary/aromatic N) is 2. The van der Waals surface area contributed by atoms with Crippen LogP contribution in [0.4, 0.5) is 18.9 Å². The number of alkyl halides is 3. The van der Waals surface area contributed by atoms with E-state index in [9.17, 15) is 22.8 Å². The number of rotatable bonds is 7. The van der Waals surface area contributed by atoms with Gasteiger partial charge in [0.2, 0.25) is 0 Å². The molecule has 0 bridgehead atoms. The van der Waals surface area contributed by atoms with Gasteiger partial charge in [-0.15, -0.1) is 0 Å². The van der Waals surface area contributed by atoms with E-state index >= 15 is 0 Å². The third-order valence-corrected chi connectivity index (χ3v) is 5.93. The molecule has 1 aromatic heterocycles. The number of hydrogen-bond acceptors (Lipinski definition) is 3. The maximum atomic E-state index is 13.0. The summed E-state index contributed by atoms with van der Waals surface area (Å²) >= 11 is 6.25. The van der Waals surface area contributed by atoms with Crippen LogP contribution in [0.2, 0.25) is 5.02 Å². The van der Waals surface area contributed by atoms with Gasteiger partial charge in [-0.05, 0) is 62.6 Å². The minimum atomic E-state index is -4.51. The van der Waals surface area contributed by atoms with Gasteiger partial charge >= 0.3 is 6.18 Å². The zero-order valence-corrected chi connectivity index (χ0v) is 20.5. The minimum absolute atomic E-state index is 0.0879. The van der Waals surface area contributed by atoms with Crippen LogP contribution in [-0.4, -0.2) is 27.6 Å². The Morgan fingerprint density at radius 1 is 1.11 bits per heavy atom. The van der Waals surface area contributed by atoms with Gasteiger partial charge in [-0.1, -0.05) is 36.7 Å². The molecule has 0 fully saturated rings. The van der Waals surface area contributed by atoms with Crippen molar-refractivity contribution in [3.05, 3.63) is 81.1 Å². The van der Waals surface area contributed by atoms with E-state index < -0.39 is 23.7 Å². The van der Waals surface area contributed by atoms with E-state index in [1.807, 2.05) is 13.8 Å². The highest BCUT2D eigenvalue weighted by atomic mass is 35.5. The summed E-state index contributed by atoms with van der Waals surface area (Å²) < 4.78 is 40.1. The molecule has 3 rings (SSSR count). The third-order valence-electron chi connectivity index (χ3n) is 5.62. The van der Waals surface area contributed by atoms with Crippen molar-refractivity contribution >= 4 is 29.1 Å². The Morgan fingerprint density at radius 2 is 1.83 bits per heavy atom. The van der Waals surface area contributed by atoms with Gasteiger partial charge in [-0.25, -0.2) is 0 Å². The average Bonchev–Trinajstić information content (AvgIpc) is 3.15. The normalized spacial score (nSPS) is 12.3. The second-order valence-electron chi connectivity index (χ2n) is 8.37. The lowest BCUT2D eigenvalue weighted by Gasteiger charge is -2.16. The van der Waals surface area contributed by atoms with Crippen LogP contribution in [0.1, 0.15) is 63.5 Å². The fourth-order valence-electron chi connectivity index (χ4n) is 3.48. The van der Waals surface area contributed by atoms with Crippen LogP contribution in [0.15, 0.2) is 42.5 Å². The Hall–Kier alpha value is -3.33. The van der Waals surface area contributed by atoms with Crippen LogP contribution in [0.3, 0.4) is 0 Å². The third kappa shape index (κ3) is 6.22. The number of nitrogens with one attached hydrogen (secondary N) is 2. The maximum Gasteiger partial charge on any atom is 0.435 e. The first-order chi connectivity index (χ1) is 16.4. The van der Waals surface area contributed by atoms with Crippen molar-refractivity contribution < 1.29 is 22.8 Å². The zero-order valence-electron chi connectivity index (χ0n) is 19.8. The molecule has 3 aromatic rings. The van der Waals surface area contributed by atoms with Crippen LogP contribution >= 0.6 is 11.6 Å². The Bertz CT molecular complexity index is 1250. The number of aryl methyl sites for hydroxylation is 2. The van der Waals surface area contributed by atoms with E-state index in [1.165, 1.54) is 10.7 Å². The van der Waals surface area contributed by atoms with Crippen molar-refractivity contribution in [3.63, 3.8) is 0 Å². The molecule has 6 nitrogen and oxygen atoms in total. The summed E-state index contributed by atoms with van der Waals surface area (Å²) in [6, 6.07) is 10.7. The van der Waals surface area contributed by atoms with Gasteiger partial charge in [0.05, 0.1) is 22.7 Å². The second-order valence-corrected chi connectivity index (χ2v) is 8.78. The minimum Gasteiger partial charge on any atom is -0.350 e. The summed E-state index contributed by atoms with van der Waals surface area (Å²) in [6.07, 6.45) is -3.79. The highest BCUT2D eigenvalue weighted by molar-refractivity contribution is 6.35. The lowest BCUT2D eigenvalue weighted by Crippen LogP contribution is -2.33. The Balaban J connectivity index is 1.80. The van der Waals surface area contributed by atoms with Crippen molar-refractivity contribution in [2.75, 3.05) is 5.32 Å². The Kier molecular flexibility index (Phi) is 7.90. The molecule has 1 unspecified atom stereocenters. The molecule has 0 spiro atoms. The fourth-order valence-corrected chi connectivity index (χ4v) is 3.74. The van der Waals surface area contributed by atoms with Crippen molar-refractivity contribution in [1.29, 1.82) is 0 Å². The summed E-state index contributed by atoms with van der Waals surface area (Å²) in [7, 11) is 0. The quantitative estimate of drug-likeness (QED) is 0.412. The topological polar surface area (TPSA) is 76.0 Å². The zero-order chi connectivity index (χ0) is 25.9. The van der Waals surface area contributed by atoms with Gasteiger partial charge in [-0.2, -0.15) is 18.3 Å². The monoisotopic (exact) mass is 506 g/mol. The number of hydrogen-bond donors (Lipinski definition) is 2. The standard InChI is InChI=1S/C25H26ClF3N4O2/c1-5-15(3)30-24(35)22-18(7-6-8-19(22)26)23(34)31-20-10-9-17(11-14(20)2)13-33-16(4)12-21(32-33)25(27,28)29/h6-12,15H,5,13H2,1-4H3,(H,30,35)(H,31,34). The molecule has 2 N–H and O–H groups in total. The SMILES string of the molecule is CCC(C)NC(=O)c1c(Cl)cccc1C(=O)Nc1ccc(Cn2nc(C(F)(F)F)cc2C)cc1C. The van der Waals surface area contributed by atoms with Crippen molar-refractivity contribution in [1.82, 2.24) is 15.1 Å². The Labute approximate surface area is 206 Å². The molecule has 35 heavy (non-hydrogen) atoms. The largest absolute Gasteiger partial charge is 0.435 e. The average molecular weight is 507 g/mol. The van der Waals surface area contributed by atoms with Crippen molar-refractivity contribution in [2.24, 2.45) is 0 Å². The molecule has 1 heterocycles. The molecule has 0 radical (unpaired) electrons. The lowest BCUT2D eigenvalue weighted by molar-refractivity contribution is -0.141. The number of carbonyl (C=O) groups is 2. The van der Waals surface area contributed by atoms with E-state index in [-0.39, 0.29) is 28.7 Å². The summed E-state index contributed by atoms with van der Waals surface area (Å²) in [5.74, 6) is -0.939. The smallest absolute Gasteiger partial charge is 0.350 e. The molecule has 0 aliphatic carbocycles. The first-order valence-electron chi connectivity index (χ1n) is 11.0. The second kappa shape index (κ2) is 10.5. The molecule has 0 aliphatic heterocycles. The number of amides is 2. The van der Waals surface area contributed by atoms with Gasteiger partial charge in [-0.3, -0.25) is 14.3 Å². The van der Waals surface area contributed by atoms with Crippen LogP contribution in [-0.2, 0) is 12.7 Å². The van der Waals surface area contributed by atoms with Gasteiger partial charge < -0.3 is 10.6 Å². The lowest BCUT2D eigenvalue weighted by atomic mass is 10.0. The van der Waals surface area contributed by atoms with E-state index in [0.717, 1.165) is 18.1 Å². The highest BCUT2D eigenvalue weighted by Crippen LogP contribution is 2.29. The number of carbonyl (C=O) groups excluding carboxylic acids is 2. The molecular formula is C25H26ClF3N4O2. The first kappa shape index (κ1) is 26.3. The van der Waals surface area contributed by atoms with Gasteiger partial charge in [0, 0.05) is 17.4 Å². The van der Waals surface area contributed by atoms with Gasteiger partial charge in [0.15, 0.2) is 5.69 Å². The van der Waals surface area contributed by atoms with E-state index in [0.29, 0.717) is 16.9 Å². The summed E-state index contributed by atoms with van der Waals surface area (Å²) in [5, 5.41) is 9.43. The van der Waals surface area contributed by atoms with E-state index in [1.54, 1.807) is 44.2 Å². The fraction of sp³-hybridized carbons (Fsp3) is 0.320. The van der Waals surface area contributed by atoms with Crippen LogP contribution in [0.25, 0.3) is 0 Å². The predicted molar refractivity (Wildman–Crippen MR) is 129 cm³/mol. The molecule has 186 valence electrons. The van der Waals surface area contributed by atoms with Gasteiger partial charge in [0.25, 0.3) is 11.8 Å².